The van der Waals surface area contributed by atoms with Crippen LogP contribution in [0.3, 0.4) is 0 Å². The summed E-state index contributed by atoms with van der Waals surface area (Å²) in [7, 11) is 0. The molecule has 0 bridgehead atoms. The summed E-state index contributed by atoms with van der Waals surface area (Å²) in [6, 6.07) is 7.49. The molecule has 2 nitrogen and oxygen atoms in total. The Balaban J connectivity index is 2.78. The van der Waals surface area contributed by atoms with Gasteiger partial charge < -0.3 is 5.32 Å². The molecule has 0 aromatic heterocycles. The molecule has 0 aliphatic heterocycles. The van der Waals surface area contributed by atoms with Gasteiger partial charge in [0.15, 0.2) is 0 Å². The molecule has 0 saturated carbocycles. The van der Waals surface area contributed by atoms with Gasteiger partial charge in [-0.1, -0.05) is 5.92 Å². The zero-order chi connectivity index (χ0) is 10.4. The second-order valence-electron chi connectivity index (χ2n) is 2.59. The maximum Gasteiger partial charge on any atom is 0.0992 e. The highest BCUT2D eigenvalue weighted by Crippen LogP contribution is 2.22. The topological polar surface area (TPSA) is 35.8 Å². The largest absolute Gasteiger partial charge is 0.373 e. The molecule has 1 N–H and O–H groups in total. The number of anilines is 1. The molecule has 0 spiro atoms. The van der Waals surface area contributed by atoms with Crippen LogP contribution in [0.1, 0.15) is 12.5 Å². The third-order valence-electron chi connectivity index (χ3n) is 1.64. The molecule has 0 amide bonds. The fraction of sp³-hybridized carbons (Fsp3) is 0.182. The highest BCUT2D eigenvalue weighted by Gasteiger charge is 1.99. The van der Waals surface area contributed by atoms with E-state index >= 15 is 0 Å². The summed E-state index contributed by atoms with van der Waals surface area (Å²) < 4.78 is 0.884. The van der Waals surface area contributed by atoms with E-state index in [0.717, 1.165) is 10.2 Å². The summed E-state index contributed by atoms with van der Waals surface area (Å²) >= 11 is 3.38. The highest BCUT2D eigenvalue weighted by molar-refractivity contribution is 9.10. The molecule has 70 valence electrons. The smallest absolute Gasteiger partial charge is 0.0992 e. The molecule has 0 fully saturated rings. The molecule has 14 heavy (non-hydrogen) atoms. The van der Waals surface area contributed by atoms with Gasteiger partial charge in [-0.2, -0.15) is 5.26 Å². The number of hydrogen-bond donors (Lipinski definition) is 1. The Kier molecular flexibility index (Phi) is 4.04. The van der Waals surface area contributed by atoms with Crippen molar-refractivity contribution in [3.8, 4) is 17.9 Å². The standard InChI is InChI=1S/C11H9BrN2/c1-2-3-6-14-11-5-4-9(8-13)7-10(11)12/h4-5,7,14H,6H2,1H3. The van der Waals surface area contributed by atoms with E-state index in [-0.39, 0.29) is 0 Å². The van der Waals surface area contributed by atoms with E-state index in [4.69, 9.17) is 5.26 Å². The number of rotatable bonds is 2. The predicted octanol–water partition coefficient (Wildman–Crippen LogP) is 2.76. The second-order valence-corrected chi connectivity index (χ2v) is 3.44. The summed E-state index contributed by atoms with van der Waals surface area (Å²) in [4.78, 5) is 0. The van der Waals surface area contributed by atoms with Crippen LogP contribution in [-0.4, -0.2) is 6.54 Å². The second kappa shape index (κ2) is 5.32. The lowest BCUT2D eigenvalue weighted by atomic mass is 10.2. The van der Waals surface area contributed by atoms with Gasteiger partial charge in [-0.15, -0.1) is 5.92 Å². The van der Waals surface area contributed by atoms with E-state index in [9.17, 15) is 0 Å². The highest BCUT2D eigenvalue weighted by atomic mass is 79.9. The van der Waals surface area contributed by atoms with Gasteiger partial charge in [-0.3, -0.25) is 0 Å². The molecular weight excluding hydrogens is 240 g/mol. The van der Waals surface area contributed by atoms with Gasteiger partial charge >= 0.3 is 0 Å². The molecule has 0 atom stereocenters. The molecule has 0 saturated heterocycles. The Hall–Kier alpha value is -1.45. The number of nitriles is 1. The first kappa shape index (κ1) is 10.6. The van der Waals surface area contributed by atoms with Crippen LogP contribution in [-0.2, 0) is 0 Å². The fourth-order valence-electron chi connectivity index (χ4n) is 0.956. The SMILES string of the molecule is CC#CCNc1ccc(C#N)cc1Br. The van der Waals surface area contributed by atoms with E-state index in [0.29, 0.717) is 12.1 Å². The molecule has 3 heteroatoms. The van der Waals surface area contributed by atoms with Crippen molar-refractivity contribution in [2.24, 2.45) is 0 Å². The van der Waals surface area contributed by atoms with Crippen molar-refractivity contribution in [1.29, 1.82) is 5.26 Å². The van der Waals surface area contributed by atoms with Crippen LogP contribution in [0.15, 0.2) is 22.7 Å². The number of nitrogens with zero attached hydrogens (tertiary/aromatic N) is 1. The molecular formula is C11H9BrN2. The quantitative estimate of drug-likeness (QED) is 0.818. The van der Waals surface area contributed by atoms with Crippen molar-refractivity contribution in [3.05, 3.63) is 28.2 Å². The lowest BCUT2D eigenvalue weighted by molar-refractivity contribution is 1.36. The van der Waals surface area contributed by atoms with Crippen molar-refractivity contribution in [3.63, 3.8) is 0 Å². The van der Waals surface area contributed by atoms with Crippen LogP contribution in [0.4, 0.5) is 5.69 Å². The predicted molar refractivity (Wildman–Crippen MR) is 60.8 cm³/mol. The van der Waals surface area contributed by atoms with Crippen LogP contribution in [0.5, 0.6) is 0 Å². The summed E-state index contributed by atoms with van der Waals surface area (Å²) in [5, 5.41) is 11.8. The summed E-state index contributed by atoms with van der Waals surface area (Å²) in [5.74, 6) is 5.71. The maximum atomic E-state index is 8.65. The minimum Gasteiger partial charge on any atom is -0.373 e. The molecule has 0 radical (unpaired) electrons. The summed E-state index contributed by atoms with van der Waals surface area (Å²) in [5.41, 5.74) is 1.59. The average molecular weight is 249 g/mol. The maximum absolute atomic E-state index is 8.65. The van der Waals surface area contributed by atoms with E-state index < -0.39 is 0 Å². The van der Waals surface area contributed by atoms with Crippen LogP contribution >= 0.6 is 15.9 Å². The Bertz CT molecular complexity index is 421. The molecule has 0 aliphatic rings. The minimum absolute atomic E-state index is 0.612. The minimum atomic E-state index is 0.612. The fourth-order valence-corrected chi connectivity index (χ4v) is 1.47. The number of hydrogen-bond acceptors (Lipinski definition) is 2. The number of benzene rings is 1. The van der Waals surface area contributed by atoms with Crippen LogP contribution in [0, 0.1) is 23.2 Å². The monoisotopic (exact) mass is 248 g/mol. The van der Waals surface area contributed by atoms with Crippen molar-refractivity contribution in [1.82, 2.24) is 0 Å². The van der Waals surface area contributed by atoms with E-state index in [1.807, 2.05) is 6.07 Å². The molecule has 0 aliphatic carbocycles. The Morgan fingerprint density at radius 1 is 1.50 bits per heavy atom. The first-order valence-corrected chi connectivity index (χ1v) is 4.90. The lowest BCUT2D eigenvalue weighted by Gasteiger charge is -2.04. The van der Waals surface area contributed by atoms with Gasteiger partial charge in [0.25, 0.3) is 0 Å². The summed E-state index contributed by atoms with van der Waals surface area (Å²) in [6.07, 6.45) is 0. The Morgan fingerprint density at radius 2 is 2.29 bits per heavy atom. The molecule has 1 aromatic rings. The lowest BCUT2D eigenvalue weighted by Crippen LogP contribution is -1.99. The zero-order valence-corrected chi connectivity index (χ0v) is 9.35. The van der Waals surface area contributed by atoms with Crippen molar-refractivity contribution in [2.75, 3.05) is 11.9 Å². The molecule has 1 rings (SSSR count). The van der Waals surface area contributed by atoms with Crippen molar-refractivity contribution in [2.45, 2.75) is 6.92 Å². The van der Waals surface area contributed by atoms with E-state index in [2.05, 4.69) is 39.2 Å². The first-order valence-electron chi connectivity index (χ1n) is 4.11. The third-order valence-corrected chi connectivity index (χ3v) is 2.30. The number of nitrogens with one attached hydrogen (secondary N) is 1. The Morgan fingerprint density at radius 3 is 2.86 bits per heavy atom. The van der Waals surface area contributed by atoms with Gasteiger partial charge in [0.1, 0.15) is 0 Å². The molecule has 0 unspecified atom stereocenters. The van der Waals surface area contributed by atoms with Crippen molar-refractivity contribution >= 4 is 21.6 Å². The van der Waals surface area contributed by atoms with E-state index in [1.54, 1.807) is 19.1 Å². The van der Waals surface area contributed by atoms with Gasteiger partial charge in [-0.05, 0) is 41.1 Å². The van der Waals surface area contributed by atoms with Gasteiger partial charge in [0.05, 0.1) is 18.2 Å². The van der Waals surface area contributed by atoms with Gasteiger partial charge in [0, 0.05) is 10.2 Å². The molecule has 1 aromatic carbocycles. The van der Waals surface area contributed by atoms with Gasteiger partial charge in [0.2, 0.25) is 0 Å². The van der Waals surface area contributed by atoms with Crippen LogP contribution < -0.4 is 5.32 Å². The van der Waals surface area contributed by atoms with Gasteiger partial charge in [-0.25, -0.2) is 0 Å². The third kappa shape index (κ3) is 2.80. The van der Waals surface area contributed by atoms with Crippen LogP contribution in [0.25, 0.3) is 0 Å². The Labute approximate surface area is 92.1 Å². The van der Waals surface area contributed by atoms with Crippen molar-refractivity contribution < 1.29 is 0 Å². The normalized spacial score (nSPS) is 8.36. The number of halogens is 1. The van der Waals surface area contributed by atoms with Crippen LogP contribution in [0.2, 0.25) is 0 Å². The first-order chi connectivity index (χ1) is 6.77. The summed E-state index contributed by atoms with van der Waals surface area (Å²) in [6.45, 7) is 2.41. The molecule has 0 heterocycles. The zero-order valence-electron chi connectivity index (χ0n) is 7.76. The van der Waals surface area contributed by atoms with E-state index in [1.165, 1.54) is 0 Å². The average Bonchev–Trinajstić information content (AvgIpc) is 2.20.